The maximum atomic E-state index is 10.5. The van der Waals surface area contributed by atoms with Crippen molar-refractivity contribution in [3.05, 3.63) is 89.2 Å². The van der Waals surface area contributed by atoms with Gasteiger partial charge in [0, 0.05) is 24.2 Å². The van der Waals surface area contributed by atoms with Crippen LogP contribution in [0.5, 0.6) is 11.5 Å². The minimum absolute atomic E-state index is 0.189. The molecular weight excluding hydrogens is 388 g/mol. The molecule has 0 fully saturated rings. The van der Waals surface area contributed by atoms with E-state index in [4.69, 9.17) is 9.47 Å². The summed E-state index contributed by atoms with van der Waals surface area (Å²) in [6, 6.07) is 22.4. The molecule has 3 aromatic rings. The van der Waals surface area contributed by atoms with Gasteiger partial charge in [0.15, 0.2) is 0 Å². The molecule has 0 saturated heterocycles. The molecule has 0 aliphatic heterocycles. The summed E-state index contributed by atoms with van der Waals surface area (Å²) < 4.78 is 10.6. The zero-order valence-electron chi connectivity index (χ0n) is 18.7. The molecule has 0 aliphatic rings. The lowest BCUT2D eigenvalue weighted by atomic mass is 9.86. The maximum absolute atomic E-state index is 10.5. The Morgan fingerprint density at radius 1 is 0.871 bits per heavy atom. The van der Waals surface area contributed by atoms with Crippen molar-refractivity contribution in [2.75, 3.05) is 20.8 Å². The first-order chi connectivity index (χ1) is 15.0. The first kappa shape index (κ1) is 22.8. The van der Waals surface area contributed by atoms with Crippen LogP contribution < -0.4 is 14.8 Å². The van der Waals surface area contributed by atoms with Gasteiger partial charge < -0.3 is 19.9 Å². The van der Waals surface area contributed by atoms with E-state index in [0.29, 0.717) is 12.2 Å². The first-order valence-corrected chi connectivity index (χ1v) is 10.6. The molecule has 0 radical (unpaired) electrons. The number of aromatic nitrogens is 1. The van der Waals surface area contributed by atoms with Crippen LogP contribution in [0.2, 0.25) is 0 Å². The van der Waals surface area contributed by atoms with E-state index in [0.717, 1.165) is 23.6 Å². The molecule has 164 valence electrons. The van der Waals surface area contributed by atoms with Crippen LogP contribution in [0.1, 0.15) is 47.9 Å². The number of methoxy groups -OCH3 is 2. The minimum Gasteiger partial charge on any atom is -0.497 e. The van der Waals surface area contributed by atoms with Crippen molar-refractivity contribution in [1.82, 2.24) is 10.3 Å². The summed E-state index contributed by atoms with van der Waals surface area (Å²) in [5.41, 5.74) is 4.05. The van der Waals surface area contributed by atoms with Crippen molar-refractivity contribution in [2.45, 2.75) is 38.3 Å². The van der Waals surface area contributed by atoms with E-state index < -0.39 is 6.10 Å². The van der Waals surface area contributed by atoms with Crippen molar-refractivity contribution < 1.29 is 14.6 Å². The van der Waals surface area contributed by atoms with Crippen LogP contribution in [0.3, 0.4) is 0 Å². The number of hydrogen-bond acceptors (Lipinski definition) is 5. The Labute approximate surface area is 185 Å². The molecule has 31 heavy (non-hydrogen) atoms. The number of aryl methyl sites for hydroxylation is 1. The summed E-state index contributed by atoms with van der Waals surface area (Å²) in [4.78, 5) is 4.43. The number of rotatable bonds is 10. The van der Waals surface area contributed by atoms with Crippen LogP contribution in [0.15, 0.2) is 66.7 Å². The Kier molecular flexibility index (Phi) is 8.04. The standard InChI is InChI=1S/C26H32N2O3/c1-18-6-5-7-25(28-18)26(29)17-27-19(2)16-24(20-8-12-22(30-3)13-9-20)21-10-14-23(31-4)15-11-21/h5-15,19,24,26-27,29H,16-17H2,1-4H3. The lowest BCUT2D eigenvalue weighted by Crippen LogP contribution is -2.32. The van der Waals surface area contributed by atoms with Crippen LogP contribution >= 0.6 is 0 Å². The third-order valence-electron chi connectivity index (χ3n) is 5.54. The van der Waals surface area contributed by atoms with Crippen LogP contribution in [0.25, 0.3) is 0 Å². The molecule has 0 bridgehead atoms. The number of ether oxygens (including phenoxy) is 2. The molecule has 1 aromatic heterocycles. The fraction of sp³-hybridized carbons (Fsp3) is 0.346. The van der Waals surface area contributed by atoms with E-state index in [1.54, 1.807) is 14.2 Å². The van der Waals surface area contributed by atoms with Crippen molar-refractivity contribution in [2.24, 2.45) is 0 Å². The predicted molar refractivity (Wildman–Crippen MR) is 124 cm³/mol. The van der Waals surface area contributed by atoms with Gasteiger partial charge in [0.25, 0.3) is 0 Å². The zero-order valence-corrected chi connectivity index (χ0v) is 18.7. The van der Waals surface area contributed by atoms with Crippen LogP contribution in [-0.2, 0) is 0 Å². The number of aliphatic hydroxyl groups is 1. The number of aliphatic hydroxyl groups excluding tert-OH is 1. The molecular formula is C26H32N2O3. The summed E-state index contributed by atoms with van der Waals surface area (Å²) >= 11 is 0. The maximum Gasteiger partial charge on any atom is 0.118 e. The van der Waals surface area contributed by atoms with E-state index >= 15 is 0 Å². The predicted octanol–water partition coefficient (Wildman–Crippen LogP) is 4.64. The number of pyridine rings is 1. The highest BCUT2D eigenvalue weighted by atomic mass is 16.5. The zero-order chi connectivity index (χ0) is 22.2. The number of hydrogen-bond donors (Lipinski definition) is 2. The molecule has 3 rings (SSSR count). The quantitative estimate of drug-likeness (QED) is 0.500. The molecule has 2 atom stereocenters. The minimum atomic E-state index is -0.636. The lowest BCUT2D eigenvalue weighted by molar-refractivity contribution is 0.165. The first-order valence-electron chi connectivity index (χ1n) is 10.6. The van der Waals surface area contributed by atoms with E-state index in [1.807, 2.05) is 49.4 Å². The highest BCUT2D eigenvalue weighted by molar-refractivity contribution is 5.38. The van der Waals surface area contributed by atoms with Gasteiger partial charge in [-0.15, -0.1) is 0 Å². The molecule has 2 aromatic carbocycles. The molecule has 0 spiro atoms. The largest absolute Gasteiger partial charge is 0.497 e. The molecule has 1 heterocycles. The summed E-state index contributed by atoms with van der Waals surface area (Å²) in [5.74, 6) is 1.89. The number of nitrogens with one attached hydrogen (secondary N) is 1. The second kappa shape index (κ2) is 10.9. The summed E-state index contributed by atoms with van der Waals surface area (Å²) in [6.45, 7) is 4.53. The van der Waals surface area contributed by atoms with E-state index in [1.165, 1.54) is 11.1 Å². The van der Waals surface area contributed by atoms with Crippen molar-refractivity contribution >= 4 is 0 Å². The average Bonchev–Trinajstić information content (AvgIpc) is 2.81. The Morgan fingerprint density at radius 3 is 1.90 bits per heavy atom. The number of nitrogens with zero attached hydrogens (tertiary/aromatic N) is 1. The lowest BCUT2D eigenvalue weighted by Gasteiger charge is -2.24. The highest BCUT2D eigenvalue weighted by Crippen LogP contribution is 2.31. The summed E-state index contributed by atoms with van der Waals surface area (Å²) in [7, 11) is 3.35. The van der Waals surface area contributed by atoms with Gasteiger partial charge >= 0.3 is 0 Å². The van der Waals surface area contributed by atoms with Gasteiger partial charge in [0.2, 0.25) is 0 Å². The van der Waals surface area contributed by atoms with Crippen molar-refractivity contribution in [3.63, 3.8) is 0 Å². The van der Waals surface area contributed by atoms with Gasteiger partial charge in [-0.1, -0.05) is 30.3 Å². The molecule has 0 aliphatic carbocycles. The third-order valence-corrected chi connectivity index (χ3v) is 5.54. The van der Waals surface area contributed by atoms with E-state index in [-0.39, 0.29) is 12.0 Å². The molecule has 0 amide bonds. The third kappa shape index (κ3) is 6.29. The van der Waals surface area contributed by atoms with Crippen LogP contribution in [0, 0.1) is 6.92 Å². The average molecular weight is 421 g/mol. The van der Waals surface area contributed by atoms with Crippen molar-refractivity contribution in [1.29, 1.82) is 0 Å². The summed E-state index contributed by atoms with van der Waals surface area (Å²) in [6.07, 6.45) is 0.245. The van der Waals surface area contributed by atoms with Gasteiger partial charge in [-0.2, -0.15) is 0 Å². The number of benzene rings is 2. The van der Waals surface area contributed by atoms with Crippen LogP contribution in [-0.4, -0.2) is 36.9 Å². The van der Waals surface area contributed by atoms with Gasteiger partial charge in [-0.3, -0.25) is 4.98 Å². The fourth-order valence-corrected chi connectivity index (χ4v) is 3.74. The molecule has 0 saturated carbocycles. The molecule has 2 unspecified atom stereocenters. The molecule has 2 N–H and O–H groups in total. The van der Waals surface area contributed by atoms with E-state index in [2.05, 4.69) is 41.5 Å². The molecule has 5 nitrogen and oxygen atoms in total. The SMILES string of the molecule is COc1ccc(C(CC(C)NCC(O)c2cccc(C)n2)c2ccc(OC)cc2)cc1. The second-order valence-electron chi connectivity index (χ2n) is 7.86. The fourth-order valence-electron chi connectivity index (χ4n) is 3.74. The van der Waals surface area contributed by atoms with Gasteiger partial charge in [-0.25, -0.2) is 0 Å². The smallest absolute Gasteiger partial charge is 0.118 e. The molecule has 5 heteroatoms. The topological polar surface area (TPSA) is 63.6 Å². The van der Waals surface area contributed by atoms with Crippen molar-refractivity contribution in [3.8, 4) is 11.5 Å². The van der Waals surface area contributed by atoms with Crippen LogP contribution in [0.4, 0.5) is 0 Å². The Balaban J connectivity index is 1.72. The Morgan fingerprint density at radius 2 is 1.42 bits per heavy atom. The summed E-state index contributed by atoms with van der Waals surface area (Å²) in [5, 5.41) is 14.0. The Bertz CT molecular complexity index is 894. The van der Waals surface area contributed by atoms with Gasteiger partial charge in [-0.05, 0) is 67.8 Å². The Hall–Kier alpha value is -2.89. The monoisotopic (exact) mass is 420 g/mol. The second-order valence-corrected chi connectivity index (χ2v) is 7.86. The van der Waals surface area contributed by atoms with E-state index in [9.17, 15) is 5.11 Å². The normalized spacial score (nSPS) is 13.1. The highest BCUT2D eigenvalue weighted by Gasteiger charge is 2.19. The van der Waals surface area contributed by atoms with Gasteiger partial charge in [0.05, 0.1) is 19.9 Å². The van der Waals surface area contributed by atoms with Gasteiger partial charge in [0.1, 0.15) is 17.6 Å².